The van der Waals surface area contributed by atoms with Gasteiger partial charge in [0, 0.05) is 17.4 Å². The maximum Gasteiger partial charge on any atom is 0.311 e. The van der Waals surface area contributed by atoms with E-state index in [1.54, 1.807) is 19.2 Å². The second-order valence-electron chi connectivity index (χ2n) is 10.1. The van der Waals surface area contributed by atoms with E-state index in [1.165, 1.54) is 16.7 Å². The van der Waals surface area contributed by atoms with E-state index < -0.39 is 5.41 Å². The Morgan fingerprint density at radius 2 is 1.82 bits per heavy atom. The normalized spacial score (nSPS) is 11.6. The van der Waals surface area contributed by atoms with Gasteiger partial charge < -0.3 is 24.3 Å². The molecule has 0 bridgehead atoms. The molecule has 1 atom stereocenters. The van der Waals surface area contributed by atoms with E-state index in [1.807, 2.05) is 26.8 Å². The largest absolute Gasteiger partial charge is 0.493 e. The van der Waals surface area contributed by atoms with E-state index in [9.17, 15) is 4.79 Å². The fourth-order valence-electron chi connectivity index (χ4n) is 3.45. The number of hydrogen-bond acceptors (Lipinski definition) is 7. The summed E-state index contributed by atoms with van der Waals surface area (Å²) in [7, 11) is 1.55. The molecule has 10 heteroatoms. The minimum absolute atomic E-state index is 0.00634. The second-order valence-corrected chi connectivity index (χ2v) is 10.5. The van der Waals surface area contributed by atoms with Gasteiger partial charge in [0.15, 0.2) is 11.5 Å². The van der Waals surface area contributed by atoms with E-state index in [-0.39, 0.29) is 43.4 Å². The average Bonchev–Trinajstić information content (AvgIpc) is 2.88. The number of rotatable bonds is 13. The SMILES string of the molecule is COc1cc(COC(=S)NCC(COC(=O)C(C)(C)C)Cc2ccc(C)c(C)c2)ccc1OCCN=[N+]=[N-]. The van der Waals surface area contributed by atoms with Crippen molar-refractivity contribution in [2.45, 2.75) is 47.6 Å². The third-order valence-electron chi connectivity index (χ3n) is 5.80. The number of benzene rings is 2. The van der Waals surface area contributed by atoms with Gasteiger partial charge >= 0.3 is 5.97 Å². The van der Waals surface area contributed by atoms with E-state index in [2.05, 4.69) is 47.4 Å². The molecule has 0 aromatic heterocycles. The summed E-state index contributed by atoms with van der Waals surface area (Å²) >= 11 is 5.40. The lowest BCUT2D eigenvalue weighted by Crippen LogP contribution is -2.34. The van der Waals surface area contributed by atoms with Crippen molar-refractivity contribution in [2.75, 3.05) is 33.4 Å². The van der Waals surface area contributed by atoms with Gasteiger partial charge in [-0.15, -0.1) is 0 Å². The number of aryl methyl sites for hydroxylation is 2. The van der Waals surface area contributed by atoms with Crippen LogP contribution in [-0.4, -0.2) is 44.6 Å². The summed E-state index contributed by atoms with van der Waals surface area (Å²) in [5.74, 6) is 0.858. The van der Waals surface area contributed by atoms with Crippen molar-refractivity contribution < 1.29 is 23.7 Å². The fraction of sp³-hybridized carbons (Fsp3) is 0.500. The van der Waals surface area contributed by atoms with Crippen LogP contribution in [0.1, 0.15) is 43.0 Å². The van der Waals surface area contributed by atoms with Crippen molar-refractivity contribution in [1.29, 1.82) is 0 Å². The van der Waals surface area contributed by atoms with Crippen LogP contribution in [0.2, 0.25) is 0 Å². The lowest BCUT2D eigenvalue weighted by Gasteiger charge is -2.22. The van der Waals surface area contributed by atoms with Gasteiger partial charge in [-0.2, -0.15) is 0 Å². The Morgan fingerprint density at radius 1 is 1.08 bits per heavy atom. The quantitative estimate of drug-likeness (QED) is 0.0844. The molecule has 1 unspecified atom stereocenters. The van der Waals surface area contributed by atoms with Crippen molar-refractivity contribution in [3.8, 4) is 11.5 Å². The standard InChI is InChI=1S/C28H38N4O5S/c1-19-7-8-21(13-20(19)2)14-23(18-36-26(33)28(3,4)5)16-30-27(38)37-17-22-9-10-24(25(15-22)34-6)35-12-11-31-32-29/h7-10,13,15,23H,11-12,14,16-18H2,1-6H3,(H,30,38). The Labute approximate surface area is 230 Å². The Morgan fingerprint density at radius 3 is 2.47 bits per heavy atom. The molecule has 2 aromatic carbocycles. The molecule has 0 saturated carbocycles. The van der Waals surface area contributed by atoms with Crippen molar-refractivity contribution in [3.63, 3.8) is 0 Å². The van der Waals surface area contributed by atoms with Gasteiger partial charge in [0.05, 0.1) is 32.3 Å². The number of esters is 1. The van der Waals surface area contributed by atoms with Gasteiger partial charge in [0.25, 0.3) is 5.17 Å². The number of nitrogens with one attached hydrogen (secondary N) is 1. The molecule has 0 amide bonds. The van der Waals surface area contributed by atoms with Crippen LogP contribution in [-0.2, 0) is 27.3 Å². The van der Waals surface area contributed by atoms with Crippen molar-refractivity contribution in [1.82, 2.24) is 5.32 Å². The first kappa shape index (κ1) is 30.7. The topological polar surface area (TPSA) is 115 Å². The zero-order valence-corrected chi connectivity index (χ0v) is 23.9. The van der Waals surface area contributed by atoms with Crippen LogP contribution in [0.5, 0.6) is 11.5 Å². The Hall–Kier alpha value is -3.49. The molecular weight excluding hydrogens is 504 g/mol. The van der Waals surface area contributed by atoms with Crippen molar-refractivity contribution >= 4 is 23.4 Å². The summed E-state index contributed by atoms with van der Waals surface area (Å²) in [6.45, 7) is 11.2. The molecule has 0 spiro atoms. The van der Waals surface area contributed by atoms with Gasteiger partial charge in [-0.3, -0.25) is 4.79 Å². The first-order valence-corrected chi connectivity index (χ1v) is 12.9. The molecule has 0 saturated heterocycles. The summed E-state index contributed by atoms with van der Waals surface area (Å²) in [4.78, 5) is 15.1. The highest BCUT2D eigenvalue weighted by Crippen LogP contribution is 2.28. The first-order chi connectivity index (χ1) is 18.0. The van der Waals surface area contributed by atoms with E-state index in [0.717, 1.165) is 12.0 Å². The molecule has 1 N–H and O–H groups in total. The maximum atomic E-state index is 12.4. The predicted octanol–water partition coefficient (Wildman–Crippen LogP) is 5.84. The second kappa shape index (κ2) is 15.1. The number of carbonyl (C=O) groups excluding carboxylic acids is 1. The molecule has 0 aliphatic carbocycles. The zero-order chi connectivity index (χ0) is 28.1. The molecule has 9 nitrogen and oxygen atoms in total. The number of azide groups is 1. The molecule has 0 heterocycles. The van der Waals surface area contributed by atoms with Crippen LogP contribution in [0.15, 0.2) is 41.5 Å². The molecule has 2 rings (SSSR count). The molecule has 38 heavy (non-hydrogen) atoms. The highest BCUT2D eigenvalue weighted by Gasteiger charge is 2.24. The van der Waals surface area contributed by atoms with Gasteiger partial charge in [-0.25, -0.2) is 0 Å². The maximum absolute atomic E-state index is 12.4. The summed E-state index contributed by atoms with van der Waals surface area (Å²) in [5.41, 5.74) is 12.3. The van der Waals surface area contributed by atoms with Crippen LogP contribution in [0, 0.1) is 25.2 Å². The van der Waals surface area contributed by atoms with Crippen molar-refractivity contribution in [3.05, 3.63) is 69.1 Å². The smallest absolute Gasteiger partial charge is 0.311 e. The number of ether oxygens (including phenoxy) is 4. The monoisotopic (exact) mass is 542 g/mol. The minimum Gasteiger partial charge on any atom is -0.493 e. The van der Waals surface area contributed by atoms with Crippen LogP contribution >= 0.6 is 12.2 Å². The molecule has 0 radical (unpaired) electrons. The zero-order valence-electron chi connectivity index (χ0n) is 23.1. The number of nitrogens with zero attached hydrogens (tertiary/aromatic N) is 3. The van der Waals surface area contributed by atoms with Gasteiger partial charge in [-0.05, 0) is 93.2 Å². The summed E-state index contributed by atoms with van der Waals surface area (Å²) in [6.07, 6.45) is 0.729. The van der Waals surface area contributed by atoms with Gasteiger partial charge in [0.1, 0.15) is 6.61 Å². The Kier molecular flexibility index (Phi) is 12.2. The molecular formula is C28H38N4O5S. The molecule has 0 aliphatic heterocycles. The van der Waals surface area contributed by atoms with Gasteiger partial charge in [-0.1, -0.05) is 29.4 Å². The lowest BCUT2D eigenvalue weighted by atomic mass is 9.96. The third-order valence-corrected chi connectivity index (χ3v) is 6.07. The molecule has 206 valence electrons. The Bertz CT molecular complexity index is 1140. The number of methoxy groups -OCH3 is 1. The van der Waals surface area contributed by atoms with Gasteiger partial charge in [0.2, 0.25) is 0 Å². The lowest BCUT2D eigenvalue weighted by molar-refractivity contribution is -0.154. The predicted molar refractivity (Wildman–Crippen MR) is 151 cm³/mol. The van der Waals surface area contributed by atoms with Crippen LogP contribution in [0.3, 0.4) is 0 Å². The van der Waals surface area contributed by atoms with Crippen LogP contribution < -0.4 is 14.8 Å². The molecule has 0 aliphatic rings. The van der Waals surface area contributed by atoms with E-state index >= 15 is 0 Å². The third kappa shape index (κ3) is 10.5. The summed E-state index contributed by atoms with van der Waals surface area (Å²) in [6, 6.07) is 11.8. The molecule has 0 fully saturated rings. The van der Waals surface area contributed by atoms with Crippen LogP contribution in [0.25, 0.3) is 10.4 Å². The number of hydrogen-bond donors (Lipinski definition) is 1. The highest BCUT2D eigenvalue weighted by molar-refractivity contribution is 7.80. The summed E-state index contributed by atoms with van der Waals surface area (Å²) < 4.78 is 22.4. The summed E-state index contributed by atoms with van der Waals surface area (Å²) in [5, 5.41) is 6.87. The van der Waals surface area contributed by atoms with Crippen LogP contribution in [0.4, 0.5) is 0 Å². The highest BCUT2D eigenvalue weighted by atomic mass is 32.1. The van der Waals surface area contributed by atoms with E-state index in [4.69, 9.17) is 36.7 Å². The average molecular weight is 543 g/mol. The molecule has 2 aromatic rings. The number of thiocarbonyl (C=S) groups is 1. The first-order valence-electron chi connectivity index (χ1n) is 12.5. The van der Waals surface area contributed by atoms with Crippen molar-refractivity contribution in [2.24, 2.45) is 16.4 Å². The fourth-order valence-corrected chi connectivity index (χ4v) is 3.60. The minimum atomic E-state index is -0.566. The number of carbonyl (C=O) groups is 1. The van der Waals surface area contributed by atoms with E-state index in [0.29, 0.717) is 18.0 Å². The Balaban J connectivity index is 1.95.